The van der Waals surface area contributed by atoms with E-state index >= 15 is 0 Å². The molecule has 1 fully saturated rings. The number of hydrogen-bond donors (Lipinski definition) is 0. The van der Waals surface area contributed by atoms with Crippen LogP contribution < -0.4 is 0 Å². The predicted octanol–water partition coefficient (Wildman–Crippen LogP) is 0.661. The molecule has 1 atom stereocenters. The molecule has 0 aromatic carbocycles. The molecule has 0 bridgehead atoms. The van der Waals surface area contributed by atoms with Gasteiger partial charge in [-0.1, -0.05) is 6.08 Å². The van der Waals surface area contributed by atoms with Crippen molar-refractivity contribution in [3.63, 3.8) is 0 Å². The molecule has 0 radical (unpaired) electrons. The van der Waals surface area contributed by atoms with E-state index in [0.717, 1.165) is 6.42 Å². The summed E-state index contributed by atoms with van der Waals surface area (Å²) in [5, 5.41) is 0. The topological polar surface area (TPSA) is 63.6 Å². The Morgan fingerprint density at radius 2 is 2.31 bits per heavy atom. The van der Waals surface area contributed by atoms with Gasteiger partial charge in [0.1, 0.15) is 0 Å². The first-order valence-electron chi connectivity index (χ1n) is 4.06. The van der Waals surface area contributed by atoms with Crippen LogP contribution in [0.15, 0.2) is 17.3 Å². The lowest BCUT2D eigenvalue weighted by Gasteiger charge is -2.00. The van der Waals surface area contributed by atoms with Gasteiger partial charge in [-0.2, -0.15) is 4.99 Å². The van der Waals surface area contributed by atoms with Gasteiger partial charge in [0.05, 0.1) is 11.5 Å². The highest BCUT2D eigenvalue weighted by Crippen LogP contribution is 2.21. The molecule has 72 valence electrons. The fourth-order valence-electron chi connectivity index (χ4n) is 1.39. The van der Waals surface area contributed by atoms with Crippen LogP contribution in [-0.4, -0.2) is 26.0 Å². The molecule has 0 aromatic heterocycles. The van der Waals surface area contributed by atoms with Crippen molar-refractivity contribution in [3.8, 4) is 0 Å². The molecule has 4 nitrogen and oxygen atoms in total. The minimum absolute atomic E-state index is 0.197. The second-order valence-electron chi connectivity index (χ2n) is 3.11. The molecule has 5 heteroatoms. The van der Waals surface area contributed by atoms with Crippen LogP contribution in [-0.2, 0) is 14.6 Å². The van der Waals surface area contributed by atoms with Crippen molar-refractivity contribution in [1.82, 2.24) is 0 Å². The smallest absolute Gasteiger partial charge is 0.229 e. The lowest BCUT2D eigenvalue weighted by molar-refractivity contribution is 0.565. The van der Waals surface area contributed by atoms with Crippen LogP contribution in [0.3, 0.4) is 0 Å². The van der Waals surface area contributed by atoms with Gasteiger partial charge >= 0.3 is 0 Å². The van der Waals surface area contributed by atoms with Crippen molar-refractivity contribution in [3.05, 3.63) is 12.3 Å². The molecule has 0 aromatic rings. The third-order valence-corrected chi connectivity index (χ3v) is 3.87. The van der Waals surface area contributed by atoms with Crippen molar-refractivity contribution >= 4 is 15.9 Å². The number of hydrogen-bond acceptors (Lipinski definition) is 4. The number of carbonyl (C=O) groups excluding carboxylic acids is 1. The highest BCUT2D eigenvalue weighted by atomic mass is 32.2. The highest BCUT2D eigenvalue weighted by Gasteiger charge is 2.26. The van der Waals surface area contributed by atoms with E-state index in [1.807, 2.05) is 0 Å². The van der Waals surface area contributed by atoms with Crippen LogP contribution in [0, 0.1) is 5.92 Å². The highest BCUT2D eigenvalue weighted by molar-refractivity contribution is 7.91. The lowest BCUT2D eigenvalue weighted by atomic mass is 10.1. The summed E-state index contributed by atoms with van der Waals surface area (Å²) < 4.78 is 22.0. The molecule has 0 N–H and O–H groups in total. The van der Waals surface area contributed by atoms with Gasteiger partial charge in [0.25, 0.3) is 0 Å². The molecule has 0 spiro atoms. The van der Waals surface area contributed by atoms with E-state index in [0.29, 0.717) is 12.2 Å². The molecule has 0 aliphatic carbocycles. The quantitative estimate of drug-likeness (QED) is 0.497. The Morgan fingerprint density at radius 1 is 1.54 bits per heavy atom. The summed E-state index contributed by atoms with van der Waals surface area (Å²) in [4.78, 5) is 12.9. The fourth-order valence-corrected chi connectivity index (χ4v) is 3.27. The van der Waals surface area contributed by atoms with Gasteiger partial charge in [-0.05, 0) is 18.8 Å². The summed E-state index contributed by atoms with van der Waals surface area (Å²) in [7, 11) is -2.78. The molecule has 0 saturated carbocycles. The van der Waals surface area contributed by atoms with Crippen molar-refractivity contribution in [2.45, 2.75) is 12.8 Å². The maximum absolute atomic E-state index is 11.0. The van der Waals surface area contributed by atoms with Gasteiger partial charge in [-0.15, -0.1) is 0 Å². The molecular weight excluding hydrogens is 190 g/mol. The summed E-state index contributed by atoms with van der Waals surface area (Å²) in [5.41, 5.74) is 0. The van der Waals surface area contributed by atoms with Crippen LogP contribution in [0.25, 0.3) is 0 Å². The van der Waals surface area contributed by atoms with E-state index in [-0.39, 0.29) is 11.7 Å². The minimum atomic E-state index is -2.78. The third-order valence-electron chi connectivity index (χ3n) is 2.03. The Morgan fingerprint density at radius 3 is 2.85 bits per heavy atom. The van der Waals surface area contributed by atoms with E-state index in [2.05, 4.69) is 4.99 Å². The van der Waals surface area contributed by atoms with Crippen molar-refractivity contribution in [1.29, 1.82) is 0 Å². The summed E-state index contributed by atoms with van der Waals surface area (Å²) in [6, 6.07) is 0. The normalized spacial score (nSPS) is 26.0. The molecule has 0 amide bonds. The molecule has 1 heterocycles. The number of sulfone groups is 1. The van der Waals surface area contributed by atoms with E-state index in [4.69, 9.17) is 0 Å². The summed E-state index contributed by atoms with van der Waals surface area (Å²) >= 11 is 0. The number of rotatable bonds is 3. The van der Waals surface area contributed by atoms with Gasteiger partial charge in [-0.25, -0.2) is 13.2 Å². The SMILES string of the molecule is O=C=N/C=C\CC1CCS(=O)(=O)C1. The van der Waals surface area contributed by atoms with Crippen LogP contribution in [0.5, 0.6) is 0 Å². The Kier molecular flexibility index (Phi) is 3.39. The zero-order valence-corrected chi connectivity index (χ0v) is 7.96. The van der Waals surface area contributed by atoms with Crippen LogP contribution in [0.1, 0.15) is 12.8 Å². The average molecular weight is 201 g/mol. The fraction of sp³-hybridized carbons (Fsp3) is 0.625. The van der Waals surface area contributed by atoms with Crippen molar-refractivity contribution in [2.75, 3.05) is 11.5 Å². The monoisotopic (exact) mass is 201 g/mol. The van der Waals surface area contributed by atoms with Gasteiger partial charge in [0.15, 0.2) is 9.84 Å². The number of isocyanates is 1. The number of aliphatic imine (C=N–C) groups is 1. The van der Waals surface area contributed by atoms with E-state index in [1.165, 1.54) is 12.3 Å². The number of allylic oxidation sites excluding steroid dienone is 1. The Labute approximate surface area is 77.3 Å². The average Bonchev–Trinajstić information content (AvgIpc) is 2.40. The maximum atomic E-state index is 11.0. The van der Waals surface area contributed by atoms with Gasteiger partial charge in [0.2, 0.25) is 6.08 Å². The van der Waals surface area contributed by atoms with Crippen LogP contribution >= 0.6 is 0 Å². The number of nitrogens with zero attached hydrogens (tertiary/aromatic N) is 1. The van der Waals surface area contributed by atoms with Crippen molar-refractivity contribution in [2.24, 2.45) is 10.9 Å². The maximum Gasteiger partial charge on any atom is 0.239 e. The summed E-state index contributed by atoms with van der Waals surface area (Å²) in [6.07, 6.45) is 5.83. The van der Waals surface area contributed by atoms with Crippen LogP contribution in [0.4, 0.5) is 0 Å². The van der Waals surface area contributed by atoms with E-state index in [9.17, 15) is 13.2 Å². The minimum Gasteiger partial charge on any atom is -0.229 e. The Balaban J connectivity index is 2.37. The zero-order valence-electron chi connectivity index (χ0n) is 7.14. The molecule has 1 rings (SSSR count). The summed E-state index contributed by atoms with van der Waals surface area (Å²) in [5.74, 6) is 0.757. The standard InChI is InChI=1S/C8H11NO3S/c10-7-9-4-1-2-8-3-5-13(11,12)6-8/h1,4,8H,2-3,5-6H2/b4-1-. The zero-order chi connectivity index (χ0) is 9.73. The second-order valence-corrected chi connectivity index (χ2v) is 5.34. The lowest BCUT2D eigenvalue weighted by Crippen LogP contribution is -2.03. The van der Waals surface area contributed by atoms with Crippen LogP contribution in [0.2, 0.25) is 0 Å². The Bertz CT molecular complexity index is 338. The molecule has 1 aliphatic rings. The molecule has 13 heavy (non-hydrogen) atoms. The largest absolute Gasteiger partial charge is 0.239 e. The van der Waals surface area contributed by atoms with Gasteiger partial charge in [-0.3, -0.25) is 0 Å². The summed E-state index contributed by atoms with van der Waals surface area (Å²) in [6.45, 7) is 0. The first-order valence-corrected chi connectivity index (χ1v) is 5.88. The second kappa shape index (κ2) is 4.35. The third kappa shape index (κ3) is 3.53. The molecular formula is C8H11NO3S. The predicted molar refractivity (Wildman–Crippen MR) is 48.6 cm³/mol. The molecule has 1 aliphatic heterocycles. The molecule has 1 unspecified atom stereocenters. The van der Waals surface area contributed by atoms with Crippen molar-refractivity contribution < 1.29 is 13.2 Å². The first kappa shape index (κ1) is 10.2. The van der Waals surface area contributed by atoms with E-state index in [1.54, 1.807) is 6.08 Å². The first-order chi connectivity index (χ1) is 6.14. The van der Waals surface area contributed by atoms with Gasteiger partial charge in [0, 0.05) is 6.20 Å². The van der Waals surface area contributed by atoms with E-state index < -0.39 is 9.84 Å². The molecule has 1 saturated heterocycles. The van der Waals surface area contributed by atoms with Gasteiger partial charge < -0.3 is 0 Å². The Hall–Kier alpha value is -0.930.